The molecule has 9 heteroatoms. The summed E-state index contributed by atoms with van der Waals surface area (Å²) in [6.45, 7) is 0.0146. The van der Waals surface area contributed by atoms with Crippen molar-refractivity contribution in [1.29, 1.82) is 5.26 Å². The van der Waals surface area contributed by atoms with Crippen LogP contribution in [0.1, 0.15) is 29.4 Å². The van der Waals surface area contributed by atoms with Crippen molar-refractivity contribution < 1.29 is 14.8 Å². The zero-order chi connectivity index (χ0) is 14.0. The SMILES string of the molecule is N#CB1CCC(n2cc([N+](=O)[O-])c(C(=O)O)n2)CC1. The van der Waals surface area contributed by atoms with Crippen LogP contribution in [0.2, 0.25) is 12.6 Å². The summed E-state index contributed by atoms with van der Waals surface area (Å²) in [6, 6.07) is -0.0728. The number of nitriles is 1. The third kappa shape index (κ3) is 2.57. The second-order valence-electron chi connectivity index (χ2n) is 4.54. The molecule has 1 N–H and O–H groups in total. The van der Waals surface area contributed by atoms with E-state index >= 15 is 0 Å². The number of rotatable bonds is 3. The third-order valence-electron chi connectivity index (χ3n) is 3.37. The first-order valence-corrected chi connectivity index (χ1v) is 5.89. The van der Waals surface area contributed by atoms with E-state index < -0.39 is 22.3 Å². The maximum Gasteiger partial charge on any atom is 0.363 e. The Labute approximate surface area is 108 Å². The summed E-state index contributed by atoms with van der Waals surface area (Å²) in [5.41, 5.74) is -1.03. The Balaban J connectivity index is 2.23. The molecule has 0 atom stereocenters. The minimum atomic E-state index is -1.41. The summed E-state index contributed by atoms with van der Waals surface area (Å²) in [4.78, 5) is 20.9. The molecular weight excluding hydrogens is 251 g/mol. The Hall–Kier alpha value is -2.37. The number of nitro groups is 1. The summed E-state index contributed by atoms with van der Waals surface area (Å²) >= 11 is 0. The predicted molar refractivity (Wildman–Crippen MR) is 65.1 cm³/mol. The van der Waals surface area contributed by atoms with E-state index in [0.717, 1.165) is 0 Å². The smallest absolute Gasteiger partial charge is 0.363 e. The Morgan fingerprint density at radius 2 is 2.26 bits per heavy atom. The number of hydrogen-bond acceptors (Lipinski definition) is 5. The predicted octanol–water partition coefficient (Wildman–Crippen LogP) is 1.38. The molecule has 0 saturated carbocycles. The van der Waals surface area contributed by atoms with E-state index in [1.54, 1.807) is 0 Å². The van der Waals surface area contributed by atoms with Gasteiger partial charge in [0.25, 0.3) is 6.71 Å². The standard InChI is InChI=1S/C10H11BN4O4/c12-6-11-3-1-7(2-4-11)14-5-8(15(18)19)9(13-14)10(16)17/h5,7H,1-4H2,(H,16,17). The number of carboxylic acid groups (broad SMARTS) is 1. The molecule has 0 aliphatic carbocycles. The van der Waals surface area contributed by atoms with Crippen molar-refractivity contribution in [3.63, 3.8) is 0 Å². The van der Waals surface area contributed by atoms with Gasteiger partial charge in [-0.15, -0.1) is 0 Å². The molecule has 0 bridgehead atoms. The lowest BCUT2D eigenvalue weighted by atomic mass is 9.42. The first kappa shape index (κ1) is 13.1. The van der Waals surface area contributed by atoms with Crippen molar-refractivity contribution >= 4 is 18.4 Å². The van der Waals surface area contributed by atoms with Crippen LogP contribution in [0.15, 0.2) is 6.20 Å². The molecule has 1 fully saturated rings. The number of nitrogens with zero attached hydrogens (tertiary/aromatic N) is 4. The molecule has 1 aliphatic heterocycles. The van der Waals surface area contributed by atoms with Gasteiger partial charge in [0.1, 0.15) is 6.20 Å². The van der Waals surface area contributed by atoms with Gasteiger partial charge in [-0.3, -0.25) is 14.8 Å². The molecule has 1 aromatic rings. The molecule has 0 spiro atoms. The normalized spacial score (nSPS) is 16.1. The van der Waals surface area contributed by atoms with Crippen LogP contribution in [-0.4, -0.2) is 32.5 Å². The van der Waals surface area contributed by atoms with Gasteiger partial charge in [0.05, 0.1) is 11.0 Å². The van der Waals surface area contributed by atoms with Crippen LogP contribution in [-0.2, 0) is 0 Å². The molecule has 1 aromatic heterocycles. The average molecular weight is 262 g/mol. The fraction of sp³-hybridized carbons (Fsp3) is 0.500. The Morgan fingerprint density at radius 3 is 2.68 bits per heavy atom. The van der Waals surface area contributed by atoms with E-state index in [1.807, 2.05) is 0 Å². The van der Waals surface area contributed by atoms with Crippen molar-refractivity contribution in [3.05, 3.63) is 22.0 Å². The summed E-state index contributed by atoms with van der Waals surface area (Å²) in [5.74, 6) is 0.791. The monoisotopic (exact) mass is 262 g/mol. The van der Waals surface area contributed by atoms with E-state index in [1.165, 1.54) is 10.9 Å². The Morgan fingerprint density at radius 1 is 1.63 bits per heavy atom. The van der Waals surface area contributed by atoms with E-state index in [-0.39, 0.29) is 12.8 Å². The molecule has 1 aliphatic rings. The Kier molecular flexibility index (Phi) is 3.51. The van der Waals surface area contributed by atoms with Gasteiger partial charge >= 0.3 is 11.7 Å². The molecule has 1 saturated heterocycles. The van der Waals surface area contributed by atoms with Gasteiger partial charge in [-0.2, -0.15) is 5.10 Å². The summed E-state index contributed by atoms with van der Waals surface area (Å²) < 4.78 is 1.36. The van der Waals surface area contributed by atoms with Crippen molar-refractivity contribution in [1.82, 2.24) is 9.78 Å². The fourth-order valence-corrected chi connectivity index (χ4v) is 2.32. The molecule has 19 heavy (non-hydrogen) atoms. The summed E-state index contributed by atoms with van der Waals surface area (Å²) in [5, 5.41) is 32.2. The molecule has 0 aromatic carbocycles. The van der Waals surface area contributed by atoms with Crippen LogP contribution >= 0.6 is 0 Å². The van der Waals surface area contributed by atoms with Crippen LogP contribution in [0.25, 0.3) is 0 Å². The van der Waals surface area contributed by atoms with Crippen LogP contribution in [0.5, 0.6) is 0 Å². The van der Waals surface area contributed by atoms with Crippen LogP contribution in [0, 0.1) is 21.3 Å². The third-order valence-corrected chi connectivity index (χ3v) is 3.37. The van der Waals surface area contributed by atoms with Gasteiger partial charge in [0, 0.05) is 5.97 Å². The quantitative estimate of drug-likeness (QED) is 0.498. The lowest BCUT2D eigenvalue weighted by molar-refractivity contribution is -0.385. The van der Waals surface area contributed by atoms with Crippen molar-refractivity contribution in [2.24, 2.45) is 0 Å². The maximum atomic E-state index is 10.9. The highest BCUT2D eigenvalue weighted by Crippen LogP contribution is 2.30. The zero-order valence-electron chi connectivity index (χ0n) is 10.0. The Bertz CT molecular complexity index is 525. The maximum absolute atomic E-state index is 10.9. The first-order valence-electron chi connectivity index (χ1n) is 5.89. The average Bonchev–Trinajstić information content (AvgIpc) is 2.84. The van der Waals surface area contributed by atoms with Crippen molar-refractivity contribution in [2.75, 3.05) is 0 Å². The number of hydrogen-bond donors (Lipinski definition) is 1. The van der Waals surface area contributed by atoms with Crippen LogP contribution in [0.4, 0.5) is 5.69 Å². The van der Waals surface area contributed by atoms with Gasteiger partial charge < -0.3 is 5.11 Å². The highest BCUT2D eigenvalue weighted by atomic mass is 16.6. The lowest BCUT2D eigenvalue weighted by Gasteiger charge is -2.22. The van der Waals surface area contributed by atoms with E-state index in [0.29, 0.717) is 25.5 Å². The van der Waals surface area contributed by atoms with Gasteiger partial charge in [-0.1, -0.05) is 12.6 Å². The molecule has 8 nitrogen and oxygen atoms in total. The zero-order valence-corrected chi connectivity index (χ0v) is 10.0. The first-order chi connectivity index (χ1) is 9.02. The molecule has 2 heterocycles. The minimum absolute atomic E-state index is 0.0146. The summed E-state index contributed by atoms with van der Waals surface area (Å²) in [6.07, 6.45) is 3.93. The lowest BCUT2D eigenvalue weighted by Crippen LogP contribution is -2.22. The van der Waals surface area contributed by atoms with Gasteiger partial charge in [0.15, 0.2) is 0 Å². The number of aromatic nitrogens is 2. The molecule has 0 unspecified atom stereocenters. The number of aromatic carboxylic acids is 1. The second-order valence-corrected chi connectivity index (χ2v) is 4.54. The van der Waals surface area contributed by atoms with Crippen LogP contribution in [0.3, 0.4) is 0 Å². The van der Waals surface area contributed by atoms with Gasteiger partial charge in [-0.25, -0.2) is 10.1 Å². The van der Waals surface area contributed by atoms with Crippen molar-refractivity contribution in [3.8, 4) is 5.97 Å². The number of carbonyl (C=O) groups is 1. The fourth-order valence-electron chi connectivity index (χ4n) is 2.32. The molecule has 0 radical (unpaired) electrons. The van der Waals surface area contributed by atoms with E-state index in [9.17, 15) is 14.9 Å². The van der Waals surface area contributed by atoms with Gasteiger partial charge in [0.2, 0.25) is 5.69 Å². The molecule has 2 rings (SSSR count). The second kappa shape index (κ2) is 5.10. The number of carboxylic acids is 1. The molecule has 0 amide bonds. The van der Waals surface area contributed by atoms with E-state index in [4.69, 9.17) is 10.4 Å². The largest absolute Gasteiger partial charge is 0.476 e. The molecule has 98 valence electrons. The highest BCUT2D eigenvalue weighted by molar-refractivity contribution is 6.67. The van der Waals surface area contributed by atoms with Gasteiger partial charge in [-0.05, 0) is 12.8 Å². The highest BCUT2D eigenvalue weighted by Gasteiger charge is 2.30. The van der Waals surface area contributed by atoms with E-state index in [2.05, 4.69) is 11.1 Å². The minimum Gasteiger partial charge on any atom is -0.476 e. The topological polar surface area (TPSA) is 122 Å². The molecular formula is C10H11BN4O4. The summed E-state index contributed by atoms with van der Waals surface area (Å²) in [7, 11) is 0. The van der Waals surface area contributed by atoms with Crippen molar-refractivity contribution in [2.45, 2.75) is 31.5 Å². The van der Waals surface area contributed by atoms with Crippen LogP contribution < -0.4 is 0 Å².